The molecular formula is C10H12BrNO3. The monoisotopic (exact) mass is 273 g/mol. The molecule has 0 bridgehead atoms. The van der Waals surface area contributed by atoms with Crippen molar-refractivity contribution < 1.29 is 15.0 Å². The topological polar surface area (TPSA) is 70.4 Å². The van der Waals surface area contributed by atoms with Gasteiger partial charge >= 0.3 is 0 Å². The van der Waals surface area contributed by atoms with Gasteiger partial charge in [0.15, 0.2) is 6.29 Å². The third kappa shape index (κ3) is 3.37. The molecule has 1 aromatic heterocycles. The van der Waals surface area contributed by atoms with E-state index in [1.807, 2.05) is 0 Å². The number of rotatable bonds is 5. The molecule has 0 aromatic carbocycles. The Bertz CT molecular complexity index is 332. The van der Waals surface area contributed by atoms with Gasteiger partial charge in [-0.25, -0.2) is 4.98 Å². The molecule has 0 aliphatic heterocycles. The summed E-state index contributed by atoms with van der Waals surface area (Å²) in [6, 6.07) is 4.74. The first-order chi connectivity index (χ1) is 7.19. The standard InChI is InChI=1S/C10H12BrNO3/c11-5-4-9(14)10(15)8-3-1-2-7(6-13)12-8/h1-3,6,9-10,14-15H,4-5H2. The molecule has 0 spiro atoms. The number of aromatic nitrogens is 1. The van der Waals surface area contributed by atoms with Gasteiger partial charge in [0.2, 0.25) is 0 Å². The van der Waals surface area contributed by atoms with Crippen molar-refractivity contribution in [2.75, 3.05) is 5.33 Å². The van der Waals surface area contributed by atoms with Crippen LogP contribution in [0.1, 0.15) is 28.7 Å². The molecular weight excluding hydrogens is 262 g/mol. The molecule has 0 aliphatic rings. The van der Waals surface area contributed by atoms with Gasteiger partial charge in [0.25, 0.3) is 0 Å². The summed E-state index contributed by atoms with van der Waals surface area (Å²) in [6.45, 7) is 0. The lowest BCUT2D eigenvalue weighted by Gasteiger charge is -2.16. The summed E-state index contributed by atoms with van der Waals surface area (Å²) in [6.07, 6.45) is -0.900. The van der Waals surface area contributed by atoms with Gasteiger partial charge in [-0.2, -0.15) is 0 Å². The molecule has 5 heteroatoms. The summed E-state index contributed by atoms with van der Waals surface area (Å²) in [4.78, 5) is 14.4. The first-order valence-electron chi connectivity index (χ1n) is 4.53. The van der Waals surface area contributed by atoms with Gasteiger partial charge < -0.3 is 10.2 Å². The van der Waals surface area contributed by atoms with Crippen molar-refractivity contribution in [3.63, 3.8) is 0 Å². The molecule has 4 nitrogen and oxygen atoms in total. The van der Waals surface area contributed by atoms with Crippen molar-refractivity contribution in [1.29, 1.82) is 0 Å². The average molecular weight is 274 g/mol. The molecule has 0 amide bonds. The maximum atomic E-state index is 10.5. The van der Waals surface area contributed by atoms with Crippen molar-refractivity contribution >= 4 is 22.2 Å². The number of hydrogen-bond donors (Lipinski definition) is 2. The van der Waals surface area contributed by atoms with E-state index in [1.54, 1.807) is 18.2 Å². The van der Waals surface area contributed by atoms with Gasteiger partial charge in [-0.05, 0) is 18.6 Å². The largest absolute Gasteiger partial charge is 0.390 e. The Kier molecular flexibility index (Phi) is 4.87. The SMILES string of the molecule is O=Cc1cccc(C(O)C(O)CCBr)n1. The molecule has 82 valence electrons. The minimum absolute atomic E-state index is 0.248. The highest BCUT2D eigenvalue weighted by molar-refractivity contribution is 9.09. The minimum Gasteiger partial charge on any atom is -0.390 e. The number of aliphatic hydroxyl groups excluding tert-OH is 2. The smallest absolute Gasteiger partial charge is 0.168 e. The van der Waals surface area contributed by atoms with Crippen molar-refractivity contribution in [2.45, 2.75) is 18.6 Å². The van der Waals surface area contributed by atoms with E-state index in [2.05, 4.69) is 20.9 Å². The van der Waals surface area contributed by atoms with Crippen LogP contribution < -0.4 is 0 Å². The average Bonchev–Trinajstić information content (AvgIpc) is 2.28. The minimum atomic E-state index is -1.05. The van der Waals surface area contributed by atoms with Crippen LogP contribution >= 0.6 is 15.9 Å². The summed E-state index contributed by atoms with van der Waals surface area (Å²) in [5.41, 5.74) is 0.561. The van der Waals surface area contributed by atoms with Gasteiger partial charge in [0.05, 0.1) is 11.8 Å². The maximum Gasteiger partial charge on any atom is 0.168 e. The number of halogens is 1. The first-order valence-corrected chi connectivity index (χ1v) is 5.65. The van der Waals surface area contributed by atoms with E-state index in [9.17, 15) is 15.0 Å². The van der Waals surface area contributed by atoms with E-state index in [1.165, 1.54) is 0 Å². The normalized spacial score (nSPS) is 14.6. The summed E-state index contributed by atoms with van der Waals surface area (Å²) in [7, 11) is 0. The Labute approximate surface area is 96.1 Å². The summed E-state index contributed by atoms with van der Waals surface area (Å²) in [5.74, 6) is 0. The number of alkyl halides is 1. The number of aldehydes is 1. The van der Waals surface area contributed by atoms with Crippen molar-refractivity contribution in [3.05, 3.63) is 29.6 Å². The Hall–Kier alpha value is -0.780. The zero-order valence-corrected chi connectivity index (χ0v) is 9.59. The van der Waals surface area contributed by atoms with Gasteiger partial charge in [-0.3, -0.25) is 4.79 Å². The number of aliphatic hydroxyl groups is 2. The molecule has 2 unspecified atom stereocenters. The van der Waals surface area contributed by atoms with Crippen molar-refractivity contribution in [1.82, 2.24) is 4.98 Å². The molecule has 15 heavy (non-hydrogen) atoms. The van der Waals surface area contributed by atoms with Crippen LogP contribution in [0.4, 0.5) is 0 Å². The highest BCUT2D eigenvalue weighted by Gasteiger charge is 2.18. The van der Waals surface area contributed by atoms with Gasteiger partial charge in [-0.15, -0.1) is 0 Å². The van der Waals surface area contributed by atoms with E-state index in [0.29, 0.717) is 23.7 Å². The molecule has 1 rings (SSSR count). The number of hydrogen-bond acceptors (Lipinski definition) is 4. The number of carbonyl (C=O) groups is 1. The van der Waals surface area contributed by atoms with Crippen LogP contribution in [0.5, 0.6) is 0 Å². The zero-order chi connectivity index (χ0) is 11.3. The molecule has 2 N–H and O–H groups in total. The summed E-state index contributed by atoms with van der Waals surface area (Å²) >= 11 is 3.17. The molecule has 0 fully saturated rings. The van der Waals surface area contributed by atoms with Crippen LogP contribution in [0.2, 0.25) is 0 Å². The van der Waals surface area contributed by atoms with Gasteiger partial charge in [0.1, 0.15) is 11.8 Å². The lowest BCUT2D eigenvalue weighted by Crippen LogP contribution is -2.19. The fourth-order valence-electron chi connectivity index (χ4n) is 1.17. The van der Waals surface area contributed by atoms with Gasteiger partial charge in [-0.1, -0.05) is 22.0 Å². The third-order valence-electron chi connectivity index (χ3n) is 1.99. The summed E-state index contributed by atoms with van der Waals surface area (Å²) in [5, 5.41) is 19.8. The second-order valence-corrected chi connectivity index (χ2v) is 3.89. The molecule has 1 heterocycles. The van der Waals surface area contributed by atoms with E-state index in [4.69, 9.17) is 0 Å². The van der Waals surface area contributed by atoms with Crippen LogP contribution in [-0.2, 0) is 0 Å². The van der Waals surface area contributed by atoms with Crippen LogP contribution in [-0.4, -0.2) is 32.9 Å². The number of pyridine rings is 1. The Morgan fingerprint density at radius 3 is 2.80 bits per heavy atom. The predicted molar refractivity (Wildman–Crippen MR) is 59.0 cm³/mol. The quantitative estimate of drug-likeness (QED) is 0.622. The second-order valence-electron chi connectivity index (χ2n) is 3.10. The fourth-order valence-corrected chi connectivity index (χ4v) is 1.64. The van der Waals surface area contributed by atoms with Crippen molar-refractivity contribution in [2.24, 2.45) is 0 Å². The molecule has 0 aliphatic carbocycles. The summed E-state index contributed by atoms with van der Waals surface area (Å²) < 4.78 is 0. The van der Waals surface area contributed by atoms with Gasteiger partial charge in [0, 0.05) is 5.33 Å². The highest BCUT2D eigenvalue weighted by Crippen LogP contribution is 2.17. The zero-order valence-electron chi connectivity index (χ0n) is 8.01. The Morgan fingerprint density at radius 1 is 1.47 bits per heavy atom. The lowest BCUT2D eigenvalue weighted by atomic mass is 10.1. The molecule has 0 radical (unpaired) electrons. The Morgan fingerprint density at radius 2 is 2.20 bits per heavy atom. The molecule has 1 aromatic rings. The molecule has 0 saturated heterocycles. The highest BCUT2D eigenvalue weighted by atomic mass is 79.9. The van der Waals surface area contributed by atoms with Crippen molar-refractivity contribution in [3.8, 4) is 0 Å². The fraction of sp³-hybridized carbons (Fsp3) is 0.400. The number of carbonyl (C=O) groups excluding carboxylic acids is 1. The molecule has 2 atom stereocenters. The third-order valence-corrected chi connectivity index (χ3v) is 2.44. The molecule has 0 saturated carbocycles. The lowest BCUT2D eigenvalue weighted by molar-refractivity contribution is 0.0147. The van der Waals surface area contributed by atoms with E-state index in [-0.39, 0.29) is 5.69 Å². The second kappa shape index (κ2) is 5.95. The van der Waals surface area contributed by atoms with Crippen LogP contribution in [0, 0.1) is 0 Å². The first kappa shape index (κ1) is 12.3. The maximum absolute atomic E-state index is 10.5. The van der Waals surface area contributed by atoms with E-state index >= 15 is 0 Å². The van der Waals surface area contributed by atoms with Crippen LogP contribution in [0.15, 0.2) is 18.2 Å². The van der Waals surface area contributed by atoms with E-state index < -0.39 is 12.2 Å². The Balaban J connectivity index is 2.80. The number of nitrogens with zero attached hydrogens (tertiary/aromatic N) is 1. The predicted octanol–water partition coefficient (Wildman–Crippen LogP) is 1.07. The van der Waals surface area contributed by atoms with Crippen LogP contribution in [0.3, 0.4) is 0 Å². The van der Waals surface area contributed by atoms with Crippen LogP contribution in [0.25, 0.3) is 0 Å². The van der Waals surface area contributed by atoms with E-state index in [0.717, 1.165) is 0 Å².